The van der Waals surface area contributed by atoms with Gasteiger partial charge in [-0.15, -0.1) is 0 Å². The number of hydrogen-bond acceptors (Lipinski definition) is 2. The zero-order valence-electron chi connectivity index (χ0n) is 16.5. The van der Waals surface area contributed by atoms with E-state index < -0.39 is 5.91 Å². The van der Waals surface area contributed by atoms with Gasteiger partial charge in [0.05, 0.1) is 0 Å². The zero-order valence-corrected chi connectivity index (χ0v) is 19.6. The molecule has 150 valence electrons. The van der Waals surface area contributed by atoms with Crippen molar-refractivity contribution in [3.8, 4) is 6.07 Å². The molecular formula is C25H20Br2N2O. The number of nitriles is 1. The third-order valence-corrected chi connectivity index (χ3v) is 6.25. The molecule has 0 aliphatic heterocycles. The van der Waals surface area contributed by atoms with Crippen molar-refractivity contribution in [1.29, 1.82) is 5.26 Å². The molecule has 0 aromatic heterocycles. The van der Waals surface area contributed by atoms with E-state index in [0.29, 0.717) is 0 Å². The molecule has 0 bridgehead atoms. The van der Waals surface area contributed by atoms with Crippen molar-refractivity contribution in [3.63, 3.8) is 0 Å². The molecule has 3 rings (SSSR count). The lowest BCUT2D eigenvalue weighted by Crippen LogP contribution is -2.14. The van der Waals surface area contributed by atoms with E-state index in [1.807, 2.05) is 73.7 Å². The van der Waals surface area contributed by atoms with Crippen molar-refractivity contribution in [2.24, 2.45) is 0 Å². The van der Waals surface area contributed by atoms with Crippen LogP contribution in [-0.4, -0.2) is 5.91 Å². The molecule has 0 aliphatic carbocycles. The number of halogens is 2. The third kappa shape index (κ3) is 5.47. The van der Waals surface area contributed by atoms with E-state index in [2.05, 4.69) is 43.2 Å². The van der Waals surface area contributed by atoms with Crippen LogP contribution >= 0.6 is 31.9 Å². The highest BCUT2D eigenvalue weighted by molar-refractivity contribution is 9.10. The molecule has 1 N–H and O–H groups in total. The van der Waals surface area contributed by atoms with Crippen LogP contribution in [0, 0.1) is 11.3 Å². The Morgan fingerprint density at radius 2 is 1.63 bits per heavy atom. The molecule has 0 aliphatic rings. The summed E-state index contributed by atoms with van der Waals surface area (Å²) >= 11 is 7.21. The van der Waals surface area contributed by atoms with Gasteiger partial charge >= 0.3 is 0 Å². The van der Waals surface area contributed by atoms with Gasteiger partial charge in [0.2, 0.25) is 0 Å². The number of para-hydroxylation sites is 1. The molecule has 3 nitrogen and oxygen atoms in total. The molecule has 0 spiro atoms. The number of anilines is 1. The van der Waals surface area contributed by atoms with E-state index >= 15 is 0 Å². The average Bonchev–Trinajstić information content (AvgIpc) is 2.75. The molecule has 30 heavy (non-hydrogen) atoms. The number of nitrogens with one attached hydrogen (secondary N) is 1. The van der Waals surface area contributed by atoms with Gasteiger partial charge in [0, 0.05) is 14.6 Å². The number of amides is 1. The molecule has 0 radical (unpaired) electrons. The Balaban J connectivity index is 1.80. The lowest BCUT2D eigenvalue weighted by molar-refractivity contribution is -0.112. The molecular weight excluding hydrogens is 504 g/mol. The van der Waals surface area contributed by atoms with Crippen molar-refractivity contribution in [2.75, 3.05) is 5.32 Å². The quantitative estimate of drug-likeness (QED) is 0.282. The van der Waals surface area contributed by atoms with E-state index in [4.69, 9.17) is 0 Å². The first kappa shape index (κ1) is 22.0. The SMILES string of the molecule is CCc1ccccc1NC(=O)/C(C#N)=C/c1ccc(Cc2ccccc2Br)c(Br)c1. The Bertz CT molecular complexity index is 1150. The Labute approximate surface area is 193 Å². The summed E-state index contributed by atoms with van der Waals surface area (Å²) in [6, 6.07) is 23.6. The van der Waals surface area contributed by atoms with Crippen LogP contribution in [0.25, 0.3) is 6.08 Å². The molecule has 5 heteroatoms. The van der Waals surface area contributed by atoms with Gasteiger partial charge in [-0.05, 0) is 59.4 Å². The maximum absolute atomic E-state index is 12.6. The topological polar surface area (TPSA) is 52.9 Å². The van der Waals surface area contributed by atoms with Gasteiger partial charge in [0.15, 0.2) is 0 Å². The number of carbonyl (C=O) groups excluding carboxylic acids is 1. The number of aryl methyl sites for hydroxylation is 1. The highest BCUT2D eigenvalue weighted by Crippen LogP contribution is 2.26. The van der Waals surface area contributed by atoms with Crippen molar-refractivity contribution < 1.29 is 4.79 Å². The first-order valence-corrected chi connectivity index (χ1v) is 11.1. The smallest absolute Gasteiger partial charge is 0.266 e. The fraction of sp³-hybridized carbons (Fsp3) is 0.120. The lowest BCUT2D eigenvalue weighted by Gasteiger charge is -2.10. The molecule has 0 heterocycles. The first-order chi connectivity index (χ1) is 14.5. The van der Waals surface area contributed by atoms with Crippen LogP contribution in [0.4, 0.5) is 5.69 Å². The van der Waals surface area contributed by atoms with Gasteiger partial charge in [-0.1, -0.05) is 87.3 Å². The molecule has 0 saturated carbocycles. The van der Waals surface area contributed by atoms with E-state index in [1.54, 1.807) is 6.08 Å². The summed E-state index contributed by atoms with van der Waals surface area (Å²) in [5.74, 6) is -0.410. The maximum Gasteiger partial charge on any atom is 0.266 e. The standard InChI is InChI=1S/C25H20Br2N2O/c1-2-18-7-4-6-10-24(18)29-25(30)21(16-28)13-17-11-12-20(23(27)14-17)15-19-8-3-5-9-22(19)26/h3-14H,2,15H2,1H3,(H,29,30)/b21-13+. The minimum Gasteiger partial charge on any atom is -0.321 e. The molecule has 3 aromatic rings. The summed E-state index contributed by atoms with van der Waals surface area (Å²) in [5.41, 5.74) is 4.92. The van der Waals surface area contributed by atoms with Crippen LogP contribution in [-0.2, 0) is 17.6 Å². The monoisotopic (exact) mass is 522 g/mol. The van der Waals surface area contributed by atoms with E-state index in [0.717, 1.165) is 44.2 Å². The molecule has 0 saturated heterocycles. The zero-order chi connectivity index (χ0) is 21.5. The van der Waals surface area contributed by atoms with Gasteiger partial charge < -0.3 is 5.32 Å². The van der Waals surface area contributed by atoms with Crippen molar-refractivity contribution in [2.45, 2.75) is 19.8 Å². The van der Waals surface area contributed by atoms with Crippen molar-refractivity contribution in [1.82, 2.24) is 0 Å². The van der Waals surface area contributed by atoms with Crippen LogP contribution in [0.15, 0.2) is 81.2 Å². The van der Waals surface area contributed by atoms with Gasteiger partial charge in [-0.2, -0.15) is 5.26 Å². The molecule has 0 unspecified atom stereocenters. The summed E-state index contributed by atoms with van der Waals surface area (Å²) in [4.78, 5) is 12.6. The fourth-order valence-corrected chi connectivity index (χ4v) is 4.06. The molecule has 3 aromatic carbocycles. The number of hydrogen-bond donors (Lipinski definition) is 1. The normalized spacial score (nSPS) is 11.1. The first-order valence-electron chi connectivity index (χ1n) is 9.54. The van der Waals surface area contributed by atoms with E-state index in [1.165, 1.54) is 5.56 Å². The minimum absolute atomic E-state index is 0.0614. The second-order valence-corrected chi connectivity index (χ2v) is 8.46. The van der Waals surface area contributed by atoms with Gasteiger partial charge in [0.25, 0.3) is 5.91 Å². The average molecular weight is 524 g/mol. The highest BCUT2D eigenvalue weighted by atomic mass is 79.9. The Morgan fingerprint density at radius 1 is 0.967 bits per heavy atom. The molecule has 0 fully saturated rings. The lowest BCUT2D eigenvalue weighted by atomic mass is 10.0. The van der Waals surface area contributed by atoms with Crippen LogP contribution in [0.3, 0.4) is 0 Å². The second-order valence-electron chi connectivity index (χ2n) is 6.75. The maximum atomic E-state index is 12.6. The summed E-state index contributed by atoms with van der Waals surface area (Å²) in [6.45, 7) is 2.03. The summed E-state index contributed by atoms with van der Waals surface area (Å²) < 4.78 is 2.00. The summed E-state index contributed by atoms with van der Waals surface area (Å²) in [5, 5.41) is 12.4. The molecule has 1 amide bonds. The number of rotatable bonds is 6. The largest absolute Gasteiger partial charge is 0.321 e. The predicted octanol–water partition coefficient (Wildman–Crippen LogP) is 6.91. The number of carbonyl (C=O) groups is 1. The second kappa shape index (κ2) is 10.4. The Morgan fingerprint density at radius 3 is 2.30 bits per heavy atom. The predicted molar refractivity (Wildman–Crippen MR) is 129 cm³/mol. The number of benzene rings is 3. The molecule has 0 atom stereocenters. The third-order valence-electron chi connectivity index (χ3n) is 4.74. The summed E-state index contributed by atoms with van der Waals surface area (Å²) in [6.07, 6.45) is 3.18. The van der Waals surface area contributed by atoms with Crippen LogP contribution in [0.5, 0.6) is 0 Å². The Hall–Kier alpha value is -2.68. The van der Waals surface area contributed by atoms with Gasteiger partial charge in [-0.25, -0.2) is 0 Å². The van der Waals surface area contributed by atoms with Gasteiger partial charge in [0.1, 0.15) is 11.6 Å². The van der Waals surface area contributed by atoms with Crippen LogP contribution in [0.2, 0.25) is 0 Å². The van der Waals surface area contributed by atoms with Crippen LogP contribution < -0.4 is 5.32 Å². The fourth-order valence-electron chi connectivity index (χ4n) is 3.10. The highest BCUT2D eigenvalue weighted by Gasteiger charge is 2.12. The van der Waals surface area contributed by atoms with Crippen LogP contribution in [0.1, 0.15) is 29.2 Å². The Kier molecular flexibility index (Phi) is 7.62. The van der Waals surface area contributed by atoms with Crippen molar-refractivity contribution in [3.05, 3.63) is 104 Å². The van der Waals surface area contributed by atoms with E-state index in [9.17, 15) is 10.1 Å². The number of nitrogens with zero attached hydrogens (tertiary/aromatic N) is 1. The van der Waals surface area contributed by atoms with Gasteiger partial charge in [-0.3, -0.25) is 4.79 Å². The summed E-state index contributed by atoms with van der Waals surface area (Å²) in [7, 11) is 0. The van der Waals surface area contributed by atoms with E-state index in [-0.39, 0.29) is 5.57 Å². The minimum atomic E-state index is -0.410. The van der Waals surface area contributed by atoms with Crippen molar-refractivity contribution >= 4 is 49.5 Å².